The Morgan fingerprint density at radius 2 is 1.66 bits per heavy atom. The van der Waals surface area contributed by atoms with Gasteiger partial charge in [0.1, 0.15) is 11.5 Å². The van der Waals surface area contributed by atoms with Crippen LogP contribution in [0.5, 0.6) is 11.5 Å². The lowest BCUT2D eigenvalue weighted by molar-refractivity contribution is -0.115. The van der Waals surface area contributed by atoms with Gasteiger partial charge in [-0.2, -0.15) is 5.26 Å². The Balaban J connectivity index is 2.47. The van der Waals surface area contributed by atoms with Crippen LogP contribution < -0.4 is 20.7 Å². The van der Waals surface area contributed by atoms with Gasteiger partial charge in [0.25, 0.3) is 0 Å². The minimum absolute atomic E-state index is 0.156. The molecule has 0 aliphatic carbocycles. The monoisotopic (exact) mass is 439 g/mol. The van der Waals surface area contributed by atoms with Crippen LogP contribution in [0, 0.1) is 11.3 Å². The number of guanidine groups is 1. The number of carbonyl (C=O) groups excluding carboxylic acids is 3. The Labute approximate surface area is 184 Å². The van der Waals surface area contributed by atoms with E-state index in [-0.39, 0.29) is 24.0 Å². The smallest absolute Gasteiger partial charge is 0.413 e. The summed E-state index contributed by atoms with van der Waals surface area (Å²) in [4.78, 5) is 39.4. The van der Waals surface area contributed by atoms with Gasteiger partial charge in [0.15, 0.2) is 0 Å². The molecule has 3 N–H and O–H groups in total. The van der Waals surface area contributed by atoms with Crippen LogP contribution in [0.3, 0.4) is 0 Å². The third-order valence-electron chi connectivity index (χ3n) is 3.81. The Hall–Kier alpha value is -4.59. The molecule has 0 heterocycles. The van der Waals surface area contributed by atoms with Gasteiger partial charge in [0.05, 0.1) is 37.2 Å². The molecule has 0 fully saturated rings. The third-order valence-corrected chi connectivity index (χ3v) is 3.81. The van der Waals surface area contributed by atoms with E-state index in [1.54, 1.807) is 43.3 Å². The van der Waals surface area contributed by atoms with E-state index in [1.165, 1.54) is 6.07 Å². The molecule has 0 spiro atoms. The van der Waals surface area contributed by atoms with Gasteiger partial charge in [-0.1, -0.05) is 13.0 Å². The van der Waals surface area contributed by atoms with Crippen molar-refractivity contribution in [1.82, 2.24) is 10.6 Å². The van der Waals surface area contributed by atoms with E-state index < -0.39 is 12.2 Å². The molecule has 0 atom stereocenters. The number of aliphatic imine (C=N–C) groups is 1. The van der Waals surface area contributed by atoms with E-state index in [2.05, 4.69) is 30.4 Å². The molecule has 2 aromatic rings. The molecule has 0 radical (unpaired) electrons. The van der Waals surface area contributed by atoms with Crippen molar-refractivity contribution in [3.8, 4) is 17.6 Å². The zero-order valence-corrected chi connectivity index (χ0v) is 17.6. The number of anilines is 1. The zero-order chi connectivity index (χ0) is 23.5. The fraction of sp³-hybridized carbons (Fsp3) is 0.190. The van der Waals surface area contributed by atoms with Gasteiger partial charge in [-0.05, 0) is 30.3 Å². The predicted molar refractivity (Wildman–Crippen MR) is 115 cm³/mol. The van der Waals surface area contributed by atoms with Gasteiger partial charge in [-0.25, -0.2) is 14.6 Å². The maximum Gasteiger partial charge on any atom is 0.413 e. The Morgan fingerprint density at radius 1 is 1.00 bits per heavy atom. The van der Waals surface area contributed by atoms with Crippen LogP contribution in [0.4, 0.5) is 21.0 Å². The SMILES string of the molecule is CCC(=O)Nc1ccc(Oc2cccc(C#N)c2)cc1N=C(NC(=O)OC)NC(=O)OC. The van der Waals surface area contributed by atoms with Gasteiger partial charge < -0.3 is 19.5 Å². The number of hydrogen-bond acceptors (Lipinski definition) is 8. The number of rotatable bonds is 5. The maximum absolute atomic E-state index is 11.9. The molecule has 2 rings (SSSR count). The lowest BCUT2D eigenvalue weighted by Crippen LogP contribution is -2.43. The van der Waals surface area contributed by atoms with Crippen molar-refractivity contribution in [2.75, 3.05) is 19.5 Å². The molecule has 0 bridgehead atoms. The molecule has 0 aromatic heterocycles. The molecule has 3 amide bonds. The van der Waals surface area contributed by atoms with Crippen molar-refractivity contribution in [2.24, 2.45) is 4.99 Å². The van der Waals surface area contributed by atoms with E-state index in [4.69, 9.17) is 10.00 Å². The molecule has 2 aromatic carbocycles. The molecule has 11 heteroatoms. The average molecular weight is 439 g/mol. The van der Waals surface area contributed by atoms with E-state index in [0.717, 1.165) is 14.2 Å². The van der Waals surface area contributed by atoms with Gasteiger partial charge in [-0.15, -0.1) is 0 Å². The molecule has 11 nitrogen and oxygen atoms in total. The number of hydrogen-bond donors (Lipinski definition) is 3. The van der Waals surface area contributed by atoms with E-state index in [9.17, 15) is 14.4 Å². The maximum atomic E-state index is 11.9. The summed E-state index contributed by atoms with van der Waals surface area (Å²) in [7, 11) is 2.28. The van der Waals surface area contributed by atoms with Crippen LogP contribution in [0.2, 0.25) is 0 Å². The summed E-state index contributed by atoms with van der Waals surface area (Å²) in [6.45, 7) is 1.68. The van der Waals surface area contributed by atoms with E-state index in [0.29, 0.717) is 22.7 Å². The van der Waals surface area contributed by atoms with Crippen LogP contribution in [0.25, 0.3) is 0 Å². The number of nitrogens with one attached hydrogen (secondary N) is 3. The summed E-state index contributed by atoms with van der Waals surface area (Å²) in [6, 6.07) is 13.2. The summed E-state index contributed by atoms with van der Waals surface area (Å²) in [6.07, 6.45) is -1.56. The zero-order valence-electron chi connectivity index (χ0n) is 17.6. The minimum atomic E-state index is -0.889. The van der Waals surface area contributed by atoms with Crippen LogP contribution in [-0.2, 0) is 14.3 Å². The quantitative estimate of drug-likeness (QED) is 0.477. The third kappa shape index (κ3) is 7.03. The Morgan fingerprint density at radius 3 is 2.25 bits per heavy atom. The number of nitrogens with zero attached hydrogens (tertiary/aromatic N) is 2. The summed E-state index contributed by atoms with van der Waals surface area (Å²) >= 11 is 0. The first-order chi connectivity index (χ1) is 15.4. The van der Waals surface area contributed by atoms with E-state index in [1.807, 2.05) is 6.07 Å². The summed E-state index contributed by atoms with van der Waals surface area (Å²) < 4.78 is 14.8. The second-order valence-corrected chi connectivity index (χ2v) is 6.02. The number of alkyl carbamates (subject to hydrolysis) is 2. The van der Waals surface area contributed by atoms with Gasteiger partial charge in [0, 0.05) is 12.5 Å². The number of benzene rings is 2. The highest BCUT2D eigenvalue weighted by Crippen LogP contribution is 2.32. The predicted octanol–water partition coefficient (Wildman–Crippen LogP) is 3.40. The highest BCUT2D eigenvalue weighted by molar-refractivity contribution is 6.03. The Kier molecular flexibility index (Phi) is 8.56. The fourth-order valence-corrected chi connectivity index (χ4v) is 2.28. The largest absolute Gasteiger partial charge is 0.457 e. The Bertz CT molecular complexity index is 1060. The van der Waals surface area contributed by atoms with E-state index >= 15 is 0 Å². The normalized spacial score (nSPS) is 9.56. The number of amides is 3. The minimum Gasteiger partial charge on any atom is -0.457 e. The van der Waals surface area contributed by atoms with Gasteiger partial charge >= 0.3 is 12.2 Å². The highest BCUT2D eigenvalue weighted by Gasteiger charge is 2.14. The van der Waals surface area contributed by atoms with Crippen LogP contribution in [0.1, 0.15) is 18.9 Å². The van der Waals surface area contributed by atoms with Crippen LogP contribution in [0.15, 0.2) is 47.5 Å². The number of methoxy groups -OCH3 is 2. The summed E-state index contributed by atoms with van der Waals surface area (Å²) in [5, 5.41) is 16.2. The first-order valence-electron chi connectivity index (χ1n) is 9.29. The number of ether oxygens (including phenoxy) is 3. The van der Waals surface area contributed by atoms with Crippen molar-refractivity contribution in [3.05, 3.63) is 48.0 Å². The fourth-order valence-electron chi connectivity index (χ4n) is 2.28. The molecule has 166 valence electrons. The van der Waals surface area contributed by atoms with Gasteiger partial charge in [0.2, 0.25) is 11.9 Å². The van der Waals surface area contributed by atoms with Crippen molar-refractivity contribution in [3.63, 3.8) is 0 Å². The van der Waals surface area contributed by atoms with Crippen molar-refractivity contribution >= 4 is 35.4 Å². The van der Waals surface area contributed by atoms with Crippen molar-refractivity contribution in [2.45, 2.75) is 13.3 Å². The van der Waals surface area contributed by atoms with Crippen LogP contribution in [-0.4, -0.2) is 38.3 Å². The second-order valence-electron chi connectivity index (χ2n) is 6.02. The lowest BCUT2D eigenvalue weighted by atomic mass is 10.2. The molecule has 0 unspecified atom stereocenters. The standard InChI is InChI=1S/C21H21N5O6/c1-4-18(27)23-16-9-8-15(32-14-7-5-6-13(10-14)12-22)11-17(16)24-19(25-20(28)30-2)26-21(29)31-3/h5-11H,4H2,1-3H3,(H,23,27)(H2,24,25,26,28,29). The molecule has 0 aliphatic rings. The van der Waals surface area contributed by atoms with Crippen molar-refractivity contribution in [1.29, 1.82) is 5.26 Å². The first-order valence-corrected chi connectivity index (χ1v) is 9.29. The lowest BCUT2D eigenvalue weighted by Gasteiger charge is -2.13. The molecule has 32 heavy (non-hydrogen) atoms. The van der Waals surface area contributed by atoms with Crippen molar-refractivity contribution < 1.29 is 28.6 Å². The summed E-state index contributed by atoms with van der Waals surface area (Å²) in [5.74, 6) is 0.147. The second kappa shape index (κ2) is 11.6. The molecule has 0 saturated heterocycles. The molecule has 0 saturated carbocycles. The number of nitriles is 1. The van der Waals surface area contributed by atoms with Gasteiger partial charge in [-0.3, -0.25) is 15.4 Å². The molecular weight excluding hydrogens is 418 g/mol. The topological polar surface area (TPSA) is 151 Å². The first kappa shape index (κ1) is 23.7. The molecule has 0 aliphatic heterocycles. The molecular formula is C21H21N5O6. The van der Waals surface area contributed by atoms with Crippen LogP contribution >= 0.6 is 0 Å². The number of carbonyl (C=O) groups is 3. The highest BCUT2D eigenvalue weighted by atomic mass is 16.5. The average Bonchev–Trinajstić information content (AvgIpc) is 2.80. The summed E-state index contributed by atoms with van der Waals surface area (Å²) in [5.41, 5.74) is 0.869.